The molecule has 0 aliphatic carbocycles. The molecule has 0 atom stereocenters. The molecular formula is C18H16N2O4. The van der Waals surface area contributed by atoms with Crippen molar-refractivity contribution in [3.63, 3.8) is 0 Å². The summed E-state index contributed by atoms with van der Waals surface area (Å²) < 4.78 is 16.3. The van der Waals surface area contributed by atoms with Gasteiger partial charge in [0, 0.05) is 6.42 Å². The molecule has 0 fully saturated rings. The number of esters is 1. The Morgan fingerprint density at radius 2 is 1.71 bits per heavy atom. The van der Waals surface area contributed by atoms with Crippen LogP contribution in [0.4, 0.5) is 0 Å². The molecule has 0 aliphatic heterocycles. The van der Waals surface area contributed by atoms with Gasteiger partial charge in [-0.25, -0.2) is 4.79 Å². The van der Waals surface area contributed by atoms with Gasteiger partial charge in [-0.15, -0.1) is 10.2 Å². The molecule has 0 saturated heterocycles. The van der Waals surface area contributed by atoms with Gasteiger partial charge in [-0.1, -0.05) is 37.3 Å². The minimum atomic E-state index is -0.516. The molecule has 0 aliphatic rings. The summed E-state index contributed by atoms with van der Waals surface area (Å²) in [6.07, 6.45) is 0.634. The first-order valence-corrected chi connectivity index (χ1v) is 7.56. The Kier molecular flexibility index (Phi) is 4.86. The highest BCUT2D eigenvalue weighted by Crippen LogP contribution is 2.25. The largest absolute Gasteiger partial charge is 0.456 e. The smallest absolute Gasteiger partial charge is 0.342 e. The number of carbonyl (C=O) groups excluding carboxylic acids is 1. The van der Waals surface area contributed by atoms with Gasteiger partial charge in [0.1, 0.15) is 17.1 Å². The van der Waals surface area contributed by atoms with Crippen molar-refractivity contribution in [2.24, 2.45) is 0 Å². The summed E-state index contributed by atoms with van der Waals surface area (Å²) in [4.78, 5) is 12.3. The molecule has 6 heteroatoms. The van der Waals surface area contributed by atoms with E-state index in [1.54, 1.807) is 24.3 Å². The second-order valence-corrected chi connectivity index (χ2v) is 4.93. The van der Waals surface area contributed by atoms with E-state index in [0.29, 0.717) is 29.4 Å². The fourth-order valence-corrected chi connectivity index (χ4v) is 2.03. The van der Waals surface area contributed by atoms with Gasteiger partial charge < -0.3 is 13.9 Å². The molecule has 0 radical (unpaired) electrons. The predicted octanol–water partition coefficient (Wildman–Crippen LogP) is 3.78. The summed E-state index contributed by atoms with van der Waals surface area (Å²) in [6, 6.07) is 16.1. The maximum Gasteiger partial charge on any atom is 0.342 e. The lowest BCUT2D eigenvalue weighted by molar-refractivity contribution is 0.0433. The summed E-state index contributed by atoms with van der Waals surface area (Å²) >= 11 is 0. The third kappa shape index (κ3) is 3.78. The van der Waals surface area contributed by atoms with Gasteiger partial charge in [-0.2, -0.15) is 0 Å². The van der Waals surface area contributed by atoms with Crippen LogP contribution >= 0.6 is 0 Å². The Bertz CT molecular complexity index is 815. The first kappa shape index (κ1) is 15.7. The van der Waals surface area contributed by atoms with E-state index < -0.39 is 5.97 Å². The van der Waals surface area contributed by atoms with Crippen LogP contribution in [-0.4, -0.2) is 16.2 Å². The van der Waals surface area contributed by atoms with Crippen LogP contribution in [0.25, 0.3) is 0 Å². The van der Waals surface area contributed by atoms with Crippen LogP contribution in [0, 0.1) is 0 Å². The standard InChI is InChI=1S/C18H16N2O4/c1-2-16-19-20-17(24-16)12-22-18(21)14-10-6-7-11-15(14)23-13-8-4-3-5-9-13/h3-11H,2,12H2,1H3. The van der Waals surface area contributed by atoms with E-state index in [1.165, 1.54) is 0 Å². The number of carbonyl (C=O) groups is 1. The molecule has 1 heterocycles. The van der Waals surface area contributed by atoms with Crippen LogP contribution in [0.1, 0.15) is 29.1 Å². The molecule has 3 rings (SSSR count). The summed E-state index contributed by atoms with van der Waals surface area (Å²) in [5.41, 5.74) is 0.330. The Morgan fingerprint density at radius 3 is 2.46 bits per heavy atom. The SMILES string of the molecule is CCc1nnc(COC(=O)c2ccccc2Oc2ccccc2)o1. The van der Waals surface area contributed by atoms with Gasteiger partial charge in [0.15, 0.2) is 6.61 Å². The van der Waals surface area contributed by atoms with E-state index in [-0.39, 0.29) is 12.5 Å². The molecule has 0 amide bonds. The number of ether oxygens (including phenoxy) is 2. The number of aryl methyl sites for hydroxylation is 1. The summed E-state index contributed by atoms with van der Waals surface area (Å²) in [5, 5.41) is 7.64. The number of hydrogen-bond donors (Lipinski definition) is 0. The van der Waals surface area contributed by atoms with Crippen molar-refractivity contribution >= 4 is 5.97 Å². The Morgan fingerprint density at radius 1 is 1.00 bits per heavy atom. The van der Waals surface area contributed by atoms with Crippen molar-refractivity contribution < 1.29 is 18.7 Å². The maximum absolute atomic E-state index is 12.3. The first-order valence-electron chi connectivity index (χ1n) is 7.56. The number of aromatic nitrogens is 2. The van der Waals surface area contributed by atoms with Crippen LogP contribution in [0.3, 0.4) is 0 Å². The van der Waals surface area contributed by atoms with E-state index in [0.717, 1.165) is 0 Å². The number of hydrogen-bond acceptors (Lipinski definition) is 6. The fraction of sp³-hybridized carbons (Fsp3) is 0.167. The molecule has 3 aromatic rings. The lowest BCUT2D eigenvalue weighted by atomic mass is 10.2. The van der Waals surface area contributed by atoms with E-state index in [2.05, 4.69) is 10.2 Å². The second-order valence-electron chi connectivity index (χ2n) is 4.93. The minimum absolute atomic E-state index is 0.0779. The van der Waals surface area contributed by atoms with Crippen molar-refractivity contribution in [2.45, 2.75) is 20.0 Å². The van der Waals surface area contributed by atoms with E-state index in [1.807, 2.05) is 37.3 Å². The van der Waals surface area contributed by atoms with Gasteiger partial charge in [-0.05, 0) is 24.3 Å². The Hall–Kier alpha value is -3.15. The average molecular weight is 324 g/mol. The molecule has 6 nitrogen and oxygen atoms in total. The van der Waals surface area contributed by atoms with Crippen molar-refractivity contribution in [3.8, 4) is 11.5 Å². The third-order valence-corrected chi connectivity index (χ3v) is 3.22. The summed E-state index contributed by atoms with van der Waals surface area (Å²) in [7, 11) is 0. The van der Waals surface area contributed by atoms with Crippen LogP contribution in [0.5, 0.6) is 11.5 Å². The summed E-state index contributed by atoms with van der Waals surface area (Å²) in [5.74, 6) is 1.32. The van der Waals surface area contributed by atoms with E-state index >= 15 is 0 Å². The molecule has 122 valence electrons. The van der Waals surface area contributed by atoms with Gasteiger partial charge in [0.2, 0.25) is 5.89 Å². The topological polar surface area (TPSA) is 74.5 Å². The molecule has 0 saturated carbocycles. The lowest BCUT2D eigenvalue weighted by Crippen LogP contribution is -2.07. The predicted molar refractivity (Wildman–Crippen MR) is 85.8 cm³/mol. The zero-order valence-corrected chi connectivity index (χ0v) is 13.1. The van der Waals surface area contributed by atoms with Crippen molar-refractivity contribution in [1.82, 2.24) is 10.2 Å². The van der Waals surface area contributed by atoms with Gasteiger partial charge in [0.05, 0.1) is 0 Å². The number of nitrogens with zero attached hydrogens (tertiary/aromatic N) is 2. The van der Waals surface area contributed by atoms with E-state index in [9.17, 15) is 4.79 Å². The maximum atomic E-state index is 12.3. The fourth-order valence-electron chi connectivity index (χ4n) is 2.03. The van der Waals surface area contributed by atoms with Gasteiger partial charge in [0.25, 0.3) is 5.89 Å². The van der Waals surface area contributed by atoms with Crippen LogP contribution in [-0.2, 0) is 17.8 Å². The highest BCUT2D eigenvalue weighted by atomic mass is 16.5. The highest BCUT2D eigenvalue weighted by Gasteiger charge is 2.16. The molecule has 2 aromatic carbocycles. The van der Waals surface area contributed by atoms with Crippen molar-refractivity contribution in [3.05, 3.63) is 71.9 Å². The quantitative estimate of drug-likeness (QED) is 0.642. The molecule has 0 spiro atoms. The molecule has 0 bridgehead atoms. The third-order valence-electron chi connectivity index (χ3n) is 3.22. The van der Waals surface area contributed by atoms with Crippen LogP contribution < -0.4 is 4.74 Å². The molecule has 1 aromatic heterocycles. The number of para-hydroxylation sites is 2. The highest BCUT2D eigenvalue weighted by molar-refractivity contribution is 5.92. The lowest BCUT2D eigenvalue weighted by Gasteiger charge is -2.10. The molecular weight excluding hydrogens is 308 g/mol. The van der Waals surface area contributed by atoms with Gasteiger partial charge in [-0.3, -0.25) is 0 Å². The number of benzene rings is 2. The second kappa shape index (κ2) is 7.41. The number of rotatable bonds is 6. The minimum Gasteiger partial charge on any atom is -0.456 e. The zero-order valence-electron chi connectivity index (χ0n) is 13.1. The van der Waals surface area contributed by atoms with Crippen LogP contribution in [0.2, 0.25) is 0 Å². The Balaban J connectivity index is 1.70. The Labute approximate surface area is 139 Å². The molecule has 0 unspecified atom stereocenters. The van der Waals surface area contributed by atoms with Crippen molar-refractivity contribution in [2.75, 3.05) is 0 Å². The first-order chi connectivity index (χ1) is 11.8. The molecule has 0 N–H and O–H groups in total. The summed E-state index contributed by atoms with van der Waals surface area (Å²) in [6.45, 7) is 1.83. The zero-order chi connectivity index (χ0) is 16.8. The van der Waals surface area contributed by atoms with Crippen LogP contribution in [0.15, 0.2) is 59.0 Å². The molecule has 24 heavy (non-hydrogen) atoms. The van der Waals surface area contributed by atoms with E-state index in [4.69, 9.17) is 13.9 Å². The van der Waals surface area contributed by atoms with Crippen molar-refractivity contribution in [1.29, 1.82) is 0 Å². The van der Waals surface area contributed by atoms with Gasteiger partial charge >= 0.3 is 5.97 Å². The monoisotopic (exact) mass is 324 g/mol. The average Bonchev–Trinajstić information content (AvgIpc) is 3.09. The normalized spacial score (nSPS) is 10.4.